The number of benzene rings is 2. The van der Waals surface area contributed by atoms with E-state index in [0.29, 0.717) is 0 Å². The molecule has 0 aliphatic heterocycles. The minimum atomic E-state index is -0.0200. The van der Waals surface area contributed by atoms with Crippen molar-refractivity contribution in [3.63, 3.8) is 0 Å². The number of fused-ring (bicyclic) bond motifs is 1. The van der Waals surface area contributed by atoms with Crippen LogP contribution in [0.3, 0.4) is 0 Å². The summed E-state index contributed by atoms with van der Waals surface area (Å²) >= 11 is 0. The molecule has 0 saturated carbocycles. The first-order valence-electron chi connectivity index (χ1n) is 7.14. The van der Waals surface area contributed by atoms with Crippen LogP contribution >= 0.6 is 0 Å². The van der Waals surface area contributed by atoms with Gasteiger partial charge in [0.1, 0.15) is 0 Å². The summed E-state index contributed by atoms with van der Waals surface area (Å²) in [5.41, 5.74) is 6.70. The molecule has 0 saturated heterocycles. The van der Waals surface area contributed by atoms with Crippen LogP contribution < -0.4 is 5.32 Å². The van der Waals surface area contributed by atoms with Gasteiger partial charge in [-0.25, -0.2) is 0 Å². The van der Waals surface area contributed by atoms with E-state index >= 15 is 0 Å². The van der Waals surface area contributed by atoms with Crippen molar-refractivity contribution in [1.29, 1.82) is 0 Å². The summed E-state index contributed by atoms with van der Waals surface area (Å²) in [4.78, 5) is 12.4. The third-order valence-electron chi connectivity index (χ3n) is 4.21. The maximum absolute atomic E-state index is 12.4. The average molecular weight is 265 g/mol. The molecule has 2 heteroatoms. The highest BCUT2D eigenvalue weighted by Gasteiger charge is 2.14. The van der Waals surface area contributed by atoms with Gasteiger partial charge in [0.05, 0.1) is 0 Å². The summed E-state index contributed by atoms with van der Waals surface area (Å²) in [6.07, 6.45) is 3.45. The molecule has 0 aromatic heterocycles. The van der Waals surface area contributed by atoms with E-state index in [1.807, 2.05) is 31.2 Å². The molecule has 1 aliphatic carbocycles. The van der Waals surface area contributed by atoms with E-state index in [9.17, 15) is 4.79 Å². The normalized spacial score (nSPS) is 13.1. The fourth-order valence-electron chi connectivity index (χ4n) is 2.79. The lowest BCUT2D eigenvalue weighted by Gasteiger charge is -2.11. The van der Waals surface area contributed by atoms with Crippen molar-refractivity contribution in [2.75, 3.05) is 5.32 Å². The smallest absolute Gasteiger partial charge is 0.255 e. The molecule has 3 rings (SSSR count). The topological polar surface area (TPSA) is 29.1 Å². The van der Waals surface area contributed by atoms with E-state index in [4.69, 9.17) is 0 Å². The Morgan fingerprint density at radius 1 is 1.05 bits per heavy atom. The zero-order valence-corrected chi connectivity index (χ0v) is 12.0. The Morgan fingerprint density at radius 3 is 2.70 bits per heavy atom. The zero-order chi connectivity index (χ0) is 14.1. The quantitative estimate of drug-likeness (QED) is 0.872. The van der Waals surface area contributed by atoms with E-state index in [-0.39, 0.29) is 5.91 Å². The van der Waals surface area contributed by atoms with Gasteiger partial charge in [-0.1, -0.05) is 18.2 Å². The van der Waals surface area contributed by atoms with Crippen LogP contribution in [-0.2, 0) is 12.8 Å². The third kappa shape index (κ3) is 2.34. The lowest BCUT2D eigenvalue weighted by Crippen LogP contribution is -2.13. The number of rotatable bonds is 2. The molecule has 0 atom stereocenters. The molecule has 2 aromatic rings. The lowest BCUT2D eigenvalue weighted by atomic mass is 10.0. The Morgan fingerprint density at radius 2 is 1.85 bits per heavy atom. The summed E-state index contributed by atoms with van der Waals surface area (Å²) < 4.78 is 0. The van der Waals surface area contributed by atoms with Gasteiger partial charge in [-0.15, -0.1) is 0 Å². The maximum Gasteiger partial charge on any atom is 0.255 e. The molecule has 0 fully saturated rings. The van der Waals surface area contributed by atoms with Crippen molar-refractivity contribution in [1.82, 2.24) is 0 Å². The lowest BCUT2D eigenvalue weighted by molar-refractivity contribution is 0.102. The van der Waals surface area contributed by atoms with Crippen LogP contribution in [-0.4, -0.2) is 5.91 Å². The van der Waals surface area contributed by atoms with E-state index in [0.717, 1.165) is 29.7 Å². The van der Waals surface area contributed by atoms with Crippen LogP contribution in [0.15, 0.2) is 36.4 Å². The SMILES string of the molecule is Cc1cccc(NC(=O)c2ccc3c(c2)CCC3)c1C. The average Bonchev–Trinajstić information content (AvgIpc) is 2.91. The fraction of sp³-hybridized carbons (Fsp3) is 0.278. The predicted molar refractivity (Wildman–Crippen MR) is 82.3 cm³/mol. The Labute approximate surface area is 119 Å². The minimum absolute atomic E-state index is 0.0200. The van der Waals surface area contributed by atoms with Gasteiger partial charge in [-0.3, -0.25) is 4.79 Å². The fourth-order valence-corrected chi connectivity index (χ4v) is 2.79. The number of amides is 1. The first-order valence-corrected chi connectivity index (χ1v) is 7.14. The molecular weight excluding hydrogens is 246 g/mol. The highest BCUT2D eigenvalue weighted by molar-refractivity contribution is 6.04. The van der Waals surface area contributed by atoms with Gasteiger partial charge >= 0.3 is 0 Å². The van der Waals surface area contributed by atoms with E-state index in [1.165, 1.54) is 23.1 Å². The molecule has 20 heavy (non-hydrogen) atoms. The summed E-state index contributed by atoms with van der Waals surface area (Å²) in [6, 6.07) is 12.1. The number of hydrogen-bond acceptors (Lipinski definition) is 1. The highest BCUT2D eigenvalue weighted by atomic mass is 16.1. The van der Waals surface area contributed by atoms with Crippen molar-refractivity contribution in [2.45, 2.75) is 33.1 Å². The largest absolute Gasteiger partial charge is 0.322 e. The molecule has 0 heterocycles. The van der Waals surface area contributed by atoms with E-state index in [2.05, 4.69) is 24.4 Å². The van der Waals surface area contributed by atoms with Crippen molar-refractivity contribution in [3.8, 4) is 0 Å². The van der Waals surface area contributed by atoms with E-state index in [1.54, 1.807) is 0 Å². The van der Waals surface area contributed by atoms with Gasteiger partial charge < -0.3 is 5.32 Å². The zero-order valence-electron chi connectivity index (χ0n) is 12.0. The molecule has 0 spiro atoms. The summed E-state index contributed by atoms with van der Waals surface area (Å²) in [7, 11) is 0. The number of hydrogen-bond donors (Lipinski definition) is 1. The highest BCUT2D eigenvalue weighted by Crippen LogP contribution is 2.24. The summed E-state index contributed by atoms with van der Waals surface area (Å²) in [5, 5.41) is 3.02. The number of carbonyl (C=O) groups is 1. The molecule has 2 nitrogen and oxygen atoms in total. The second-order valence-electron chi connectivity index (χ2n) is 5.54. The van der Waals surface area contributed by atoms with Crippen LogP contribution in [0.4, 0.5) is 5.69 Å². The van der Waals surface area contributed by atoms with Crippen LogP contribution in [0.1, 0.15) is 39.0 Å². The predicted octanol–water partition coefficient (Wildman–Crippen LogP) is 4.04. The Balaban J connectivity index is 1.84. The van der Waals surface area contributed by atoms with Crippen molar-refractivity contribution < 1.29 is 4.79 Å². The third-order valence-corrected chi connectivity index (χ3v) is 4.21. The van der Waals surface area contributed by atoms with Gasteiger partial charge in [0.15, 0.2) is 0 Å². The van der Waals surface area contributed by atoms with Gasteiger partial charge in [0, 0.05) is 11.3 Å². The van der Waals surface area contributed by atoms with Crippen LogP contribution in [0, 0.1) is 13.8 Å². The Hall–Kier alpha value is -2.09. The number of anilines is 1. The van der Waals surface area contributed by atoms with Crippen molar-refractivity contribution >= 4 is 11.6 Å². The molecule has 2 aromatic carbocycles. The molecule has 0 radical (unpaired) electrons. The summed E-state index contributed by atoms with van der Waals surface area (Å²) in [5.74, 6) is -0.0200. The van der Waals surface area contributed by atoms with Gasteiger partial charge in [-0.2, -0.15) is 0 Å². The maximum atomic E-state index is 12.4. The molecule has 102 valence electrons. The van der Waals surface area contributed by atoms with Crippen LogP contribution in [0.5, 0.6) is 0 Å². The first-order chi connectivity index (χ1) is 9.65. The van der Waals surface area contributed by atoms with Gasteiger partial charge in [-0.05, 0) is 73.6 Å². The Kier molecular flexibility index (Phi) is 3.31. The first kappa shape index (κ1) is 12.9. The molecule has 0 bridgehead atoms. The van der Waals surface area contributed by atoms with Crippen molar-refractivity contribution in [3.05, 3.63) is 64.2 Å². The van der Waals surface area contributed by atoms with Crippen LogP contribution in [0.25, 0.3) is 0 Å². The summed E-state index contributed by atoms with van der Waals surface area (Å²) in [6.45, 7) is 4.09. The molecule has 0 unspecified atom stereocenters. The second kappa shape index (κ2) is 5.12. The van der Waals surface area contributed by atoms with Crippen LogP contribution in [0.2, 0.25) is 0 Å². The minimum Gasteiger partial charge on any atom is -0.322 e. The van der Waals surface area contributed by atoms with Gasteiger partial charge in [0.25, 0.3) is 5.91 Å². The number of nitrogens with one attached hydrogen (secondary N) is 1. The second-order valence-corrected chi connectivity index (χ2v) is 5.54. The molecule has 1 N–H and O–H groups in total. The van der Waals surface area contributed by atoms with E-state index < -0.39 is 0 Å². The molecular formula is C18H19NO. The standard InChI is InChI=1S/C18H19NO/c1-12-5-3-8-17(13(12)2)19-18(20)16-10-9-14-6-4-7-15(14)11-16/h3,5,8-11H,4,6-7H2,1-2H3,(H,19,20). The number of aryl methyl sites for hydroxylation is 3. The number of carbonyl (C=O) groups excluding carboxylic acids is 1. The van der Waals surface area contributed by atoms with Gasteiger partial charge in [0.2, 0.25) is 0 Å². The Bertz CT molecular complexity index is 673. The molecule has 1 aliphatic rings. The monoisotopic (exact) mass is 265 g/mol. The molecule has 1 amide bonds. The van der Waals surface area contributed by atoms with Crippen molar-refractivity contribution in [2.24, 2.45) is 0 Å².